The zero-order valence-corrected chi connectivity index (χ0v) is 15.9. The Labute approximate surface area is 162 Å². The van der Waals surface area contributed by atoms with E-state index in [0.29, 0.717) is 22.7 Å². The van der Waals surface area contributed by atoms with E-state index in [2.05, 4.69) is 27.4 Å². The first-order chi connectivity index (χ1) is 13.2. The molecule has 2 aromatic heterocycles. The largest absolute Gasteiger partial charge is 0.353 e. The van der Waals surface area contributed by atoms with E-state index in [1.165, 1.54) is 24.6 Å². The van der Waals surface area contributed by atoms with Gasteiger partial charge in [-0.15, -0.1) is 10.2 Å². The number of carbonyl (C=O) groups is 1. The van der Waals surface area contributed by atoms with Crippen LogP contribution < -0.4 is 5.32 Å². The summed E-state index contributed by atoms with van der Waals surface area (Å²) in [6, 6.07) is 14.0. The number of nitrogens with one attached hydrogen (secondary N) is 1. The molecule has 0 aliphatic heterocycles. The highest BCUT2D eigenvalue weighted by molar-refractivity contribution is 7.99. The SMILES string of the molecule is CC(NC(=O)CSc1nnc(-c2cccnc2)n1-c1ccccc1)C1CC1. The molecule has 1 saturated carbocycles. The number of benzene rings is 1. The average molecular weight is 379 g/mol. The van der Waals surface area contributed by atoms with Crippen LogP contribution in [0.4, 0.5) is 0 Å². The second-order valence-electron chi connectivity index (χ2n) is 6.70. The predicted molar refractivity (Wildman–Crippen MR) is 106 cm³/mol. The molecule has 0 bridgehead atoms. The van der Waals surface area contributed by atoms with E-state index in [4.69, 9.17) is 0 Å². The van der Waals surface area contributed by atoms with Gasteiger partial charge in [-0.25, -0.2) is 0 Å². The lowest BCUT2D eigenvalue weighted by molar-refractivity contribution is -0.119. The van der Waals surface area contributed by atoms with Gasteiger partial charge in [0, 0.05) is 29.7 Å². The molecule has 0 saturated heterocycles. The standard InChI is InChI=1S/C20H21N5OS/c1-14(15-9-10-15)22-18(26)13-27-20-24-23-19(16-6-5-11-21-12-16)25(20)17-7-3-2-4-8-17/h2-8,11-12,14-15H,9-10,13H2,1H3,(H,22,26). The molecule has 1 aliphatic rings. The van der Waals surface area contributed by atoms with Crippen molar-refractivity contribution in [1.29, 1.82) is 0 Å². The number of amides is 1. The van der Waals surface area contributed by atoms with E-state index >= 15 is 0 Å². The molecule has 4 rings (SSSR count). The molecule has 1 aromatic carbocycles. The van der Waals surface area contributed by atoms with E-state index < -0.39 is 0 Å². The molecule has 0 spiro atoms. The van der Waals surface area contributed by atoms with Crippen LogP contribution in [0.5, 0.6) is 0 Å². The molecule has 1 amide bonds. The number of hydrogen-bond acceptors (Lipinski definition) is 5. The third kappa shape index (κ3) is 4.19. The summed E-state index contributed by atoms with van der Waals surface area (Å²) >= 11 is 1.40. The summed E-state index contributed by atoms with van der Waals surface area (Å²) in [5.41, 5.74) is 1.84. The Morgan fingerprint density at radius 2 is 2.04 bits per heavy atom. The van der Waals surface area contributed by atoms with Gasteiger partial charge in [0.2, 0.25) is 5.91 Å². The molecule has 1 aliphatic carbocycles. The van der Waals surface area contributed by atoms with Crippen molar-refractivity contribution in [2.24, 2.45) is 5.92 Å². The molecule has 2 heterocycles. The molecule has 3 aromatic rings. The molecule has 138 valence electrons. The fourth-order valence-corrected chi connectivity index (χ4v) is 3.76. The highest BCUT2D eigenvalue weighted by atomic mass is 32.2. The van der Waals surface area contributed by atoms with E-state index in [1.54, 1.807) is 12.4 Å². The molecule has 6 nitrogen and oxygen atoms in total. The number of pyridine rings is 1. The maximum absolute atomic E-state index is 12.3. The molecule has 27 heavy (non-hydrogen) atoms. The van der Waals surface area contributed by atoms with Crippen LogP contribution in [0.2, 0.25) is 0 Å². The highest BCUT2D eigenvalue weighted by Crippen LogP contribution is 2.32. The van der Waals surface area contributed by atoms with Gasteiger partial charge < -0.3 is 5.32 Å². The van der Waals surface area contributed by atoms with Crippen molar-refractivity contribution in [2.75, 3.05) is 5.75 Å². The lowest BCUT2D eigenvalue weighted by Gasteiger charge is -2.13. The minimum absolute atomic E-state index is 0.0324. The van der Waals surface area contributed by atoms with Crippen molar-refractivity contribution in [3.05, 3.63) is 54.9 Å². The van der Waals surface area contributed by atoms with Crippen molar-refractivity contribution < 1.29 is 4.79 Å². The summed E-state index contributed by atoms with van der Waals surface area (Å²) in [5.74, 6) is 1.70. The molecule has 1 N–H and O–H groups in total. The first-order valence-corrected chi connectivity index (χ1v) is 10.0. The smallest absolute Gasteiger partial charge is 0.230 e. The van der Waals surface area contributed by atoms with Crippen molar-refractivity contribution in [1.82, 2.24) is 25.1 Å². The van der Waals surface area contributed by atoms with Gasteiger partial charge in [-0.1, -0.05) is 30.0 Å². The summed E-state index contributed by atoms with van der Waals surface area (Å²) in [4.78, 5) is 16.5. The Morgan fingerprint density at radius 3 is 2.74 bits per heavy atom. The number of thioether (sulfide) groups is 1. The first-order valence-electron chi connectivity index (χ1n) is 9.06. The molecule has 1 fully saturated rings. The predicted octanol–water partition coefficient (Wildman–Crippen LogP) is 3.34. The first kappa shape index (κ1) is 17.7. The molecule has 1 unspecified atom stereocenters. The van der Waals surface area contributed by atoms with Crippen LogP contribution in [0.1, 0.15) is 19.8 Å². The second kappa shape index (κ2) is 7.92. The number of aromatic nitrogens is 4. The van der Waals surface area contributed by atoms with E-state index in [9.17, 15) is 4.79 Å². The zero-order valence-electron chi connectivity index (χ0n) is 15.1. The molecular weight excluding hydrogens is 358 g/mol. The van der Waals surface area contributed by atoms with E-state index in [-0.39, 0.29) is 11.9 Å². The Hall–Kier alpha value is -2.67. The summed E-state index contributed by atoms with van der Waals surface area (Å²) in [6.45, 7) is 2.08. The van der Waals surface area contributed by atoms with Gasteiger partial charge in [-0.3, -0.25) is 14.3 Å². The quantitative estimate of drug-likeness (QED) is 0.638. The number of hydrogen-bond donors (Lipinski definition) is 1. The molecule has 1 atom stereocenters. The van der Waals surface area contributed by atoms with E-state index in [0.717, 1.165) is 11.3 Å². The van der Waals surface area contributed by atoms with Gasteiger partial charge in [0.15, 0.2) is 11.0 Å². The summed E-state index contributed by atoms with van der Waals surface area (Å²) < 4.78 is 1.97. The number of para-hydroxylation sites is 1. The van der Waals surface area contributed by atoms with Crippen molar-refractivity contribution in [3.63, 3.8) is 0 Å². The Bertz CT molecular complexity index is 909. The van der Waals surface area contributed by atoms with Crippen molar-refractivity contribution in [2.45, 2.75) is 31.0 Å². The average Bonchev–Trinajstić information content (AvgIpc) is 3.47. The van der Waals surface area contributed by atoms with Crippen LogP contribution in [-0.4, -0.2) is 37.5 Å². The van der Waals surface area contributed by atoms with Crippen molar-refractivity contribution in [3.8, 4) is 17.1 Å². The Morgan fingerprint density at radius 1 is 1.22 bits per heavy atom. The normalized spacial score (nSPS) is 14.7. The maximum Gasteiger partial charge on any atom is 0.230 e. The second-order valence-corrected chi connectivity index (χ2v) is 7.64. The van der Waals surface area contributed by atoms with Crippen LogP contribution >= 0.6 is 11.8 Å². The highest BCUT2D eigenvalue weighted by Gasteiger charge is 2.29. The third-order valence-electron chi connectivity index (χ3n) is 4.62. The molecule has 0 radical (unpaired) electrons. The zero-order chi connectivity index (χ0) is 18.6. The van der Waals surface area contributed by atoms with Crippen LogP contribution in [0.15, 0.2) is 60.0 Å². The molecular formula is C20H21N5OS. The topological polar surface area (TPSA) is 72.7 Å². The Balaban J connectivity index is 1.57. The Kier molecular flexibility index (Phi) is 5.20. The van der Waals surface area contributed by atoms with Crippen molar-refractivity contribution >= 4 is 17.7 Å². The summed E-state index contributed by atoms with van der Waals surface area (Å²) in [7, 11) is 0. The van der Waals surface area contributed by atoms with Gasteiger partial charge in [0.05, 0.1) is 5.75 Å². The van der Waals surface area contributed by atoms with Crippen LogP contribution in [0.25, 0.3) is 17.1 Å². The monoisotopic (exact) mass is 379 g/mol. The minimum atomic E-state index is 0.0324. The van der Waals surface area contributed by atoms with Gasteiger partial charge in [-0.2, -0.15) is 0 Å². The van der Waals surface area contributed by atoms with Crippen LogP contribution in [0, 0.1) is 5.92 Å². The van der Waals surface area contributed by atoms with Crippen LogP contribution in [0.3, 0.4) is 0 Å². The fraction of sp³-hybridized carbons (Fsp3) is 0.300. The fourth-order valence-electron chi connectivity index (χ4n) is 3.00. The minimum Gasteiger partial charge on any atom is -0.353 e. The van der Waals surface area contributed by atoms with Crippen LogP contribution in [-0.2, 0) is 4.79 Å². The number of nitrogens with zero attached hydrogens (tertiary/aromatic N) is 4. The lowest BCUT2D eigenvalue weighted by Crippen LogP contribution is -2.35. The van der Waals surface area contributed by atoms with Gasteiger partial charge >= 0.3 is 0 Å². The third-order valence-corrected chi connectivity index (χ3v) is 5.55. The summed E-state index contributed by atoms with van der Waals surface area (Å²) in [5, 5.41) is 12.5. The maximum atomic E-state index is 12.3. The number of rotatable bonds is 7. The van der Waals surface area contributed by atoms with Gasteiger partial charge in [-0.05, 0) is 49.9 Å². The number of carbonyl (C=O) groups excluding carboxylic acids is 1. The summed E-state index contributed by atoms with van der Waals surface area (Å²) in [6.07, 6.45) is 5.92. The van der Waals surface area contributed by atoms with Gasteiger partial charge in [0.1, 0.15) is 0 Å². The van der Waals surface area contributed by atoms with Gasteiger partial charge in [0.25, 0.3) is 0 Å². The lowest BCUT2D eigenvalue weighted by atomic mass is 10.2. The van der Waals surface area contributed by atoms with E-state index in [1.807, 2.05) is 47.0 Å². The molecule has 7 heteroatoms.